The van der Waals surface area contributed by atoms with Crippen molar-refractivity contribution in [2.45, 2.75) is 25.4 Å². The van der Waals surface area contributed by atoms with Crippen LogP contribution in [0.1, 0.15) is 23.7 Å². The summed E-state index contributed by atoms with van der Waals surface area (Å²) in [7, 11) is 0. The van der Waals surface area contributed by atoms with Gasteiger partial charge in [-0.3, -0.25) is 0 Å². The van der Waals surface area contributed by atoms with E-state index in [9.17, 15) is 4.39 Å². The Bertz CT molecular complexity index is 257. The SMILES string of the molecule is Cc1ncc(C2CC2F)cn1. The molecule has 0 bridgehead atoms. The molecule has 2 atom stereocenters. The predicted octanol–water partition coefficient (Wildman–Crippen LogP) is 1.61. The summed E-state index contributed by atoms with van der Waals surface area (Å²) in [5.74, 6) is 0.820. The van der Waals surface area contributed by atoms with Gasteiger partial charge in [0, 0.05) is 18.3 Å². The van der Waals surface area contributed by atoms with Crippen molar-refractivity contribution in [3.05, 3.63) is 23.8 Å². The minimum atomic E-state index is -0.652. The van der Waals surface area contributed by atoms with Gasteiger partial charge in [-0.2, -0.15) is 0 Å². The minimum Gasteiger partial charge on any atom is -0.247 e. The second-order valence-corrected chi connectivity index (χ2v) is 2.92. The van der Waals surface area contributed by atoms with Crippen LogP contribution in [0.25, 0.3) is 0 Å². The lowest BCUT2D eigenvalue weighted by Gasteiger charge is -1.95. The highest BCUT2D eigenvalue weighted by Crippen LogP contribution is 2.42. The van der Waals surface area contributed by atoms with E-state index in [2.05, 4.69) is 9.97 Å². The van der Waals surface area contributed by atoms with Crippen LogP contribution in [0.4, 0.5) is 4.39 Å². The molecule has 0 saturated heterocycles. The fourth-order valence-electron chi connectivity index (χ4n) is 1.10. The molecule has 11 heavy (non-hydrogen) atoms. The molecule has 0 N–H and O–H groups in total. The number of hydrogen-bond donors (Lipinski definition) is 0. The molecule has 1 aliphatic carbocycles. The molecule has 1 fully saturated rings. The van der Waals surface area contributed by atoms with E-state index in [-0.39, 0.29) is 5.92 Å². The van der Waals surface area contributed by atoms with E-state index in [4.69, 9.17) is 0 Å². The summed E-state index contributed by atoms with van der Waals surface area (Å²) in [4.78, 5) is 7.99. The van der Waals surface area contributed by atoms with E-state index in [1.165, 1.54) is 0 Å². The van der Waals surface area contributed by atoms with E-state index in [0.29, 0.717) is 6.42 Å². The summed E-state index contributed by atoms with van der Waals surface area (Å²) in [6.45, 7) is 1.82. The topological polar surface area (TPSA) is 25.8 Å². The summed E-state index contributed by atoms with van der Waals surface area (Å²) < 4.78 is 12.5. The van der Waals surface area contributed by atoms with Crippen molar-refractivity contribution in [3.8, 4) is 0 Å². The van der Waals surface area contributed by atoms with E-state index >= 15 is 0 Å². The maximum Gasteiger partial charge on any atom is 0.125 e. The molecule has 0 aromatic carbocycles. The van der Waals surface area contributed by atoms with Crippen molar-refractivity contribution in [2.24, 2.45) is 0 Å². The number of aryl methyl sites for hydroxylation is 1. The van der Waals surface area contributed by atoms with Gasteiger partial charge in [-0.05, 0) is 18.9 Å². The zero-order valence-corrected chi connectivity index (χ0v) is 6.29. The largest absolute Gasteiger partial charge is 0.247 e. The number of hydrogen-bond acceptors (Lipinski definition) is 2. The van der Waals surface area contributed by atoms with Crippen LogP contribution in [0.15, 0.2) is 12.4 Å². The molecule has 0 spiro atoms. The Hall–Kier alpha value is -0.990. The normalized spacial score (nSPS) is 28.5. The number of aromatic nitrogens is 2. The monoisotopic (exact) mass is 152 g/mol. The Kier molecular flexibility index (Phi) is 1.37. The molecule has 1 heterocycles. The molecule has 2 nitrogen and oxygen atoms in total. The van der Waals surface area contributed by atoms with Gasteiger partial charge >= 0.3 is 0 Å². The van der Waals surface area contributed by atoms with Crippen LogP contribution in [-0.4, -0.2) is 16.1 Å². The Labute approximate surface area is 64.5 Å². The lowest BCUT2D eigenvalue weighted by Crippen LogP contribution is -1.90. The van der Waals surface area contributed by atoms with Crippen LogP contribution in [-0.2, 0) is 0 Å². The quantitative estimate of drug-likeness (QED) is 0.611. The number of alkyl halides is 1. The van der Waals surface area contributed by atoms with Gasteiger partial charge in [0.15, 0.2) is 0 Å². The van der Waals surface area contributed by atoms with Gasteiger partial charge in [-0.1, -0.05) is 0 Å². The van der Waals surface area contributed by atoms with Crippen molar-refractivity contribution < 1.29 is 4.39 Å². The third-order valence-electron chi connectivity index (χ3n) is 1.94. The second kappa shape index (κ2) is 2.26. The van der Waals surface area contributed by atoms with Gasteiger partial charge < -0.3 is 0 Å². The Morgan fingerprint density at radius 1 is 1.45 bits per heavy atom. The van der Waals surface area contributed by atoms with Crippen LogP contribution in [0.3, 0.4) is 0 Å². The summed E-state index contributed by atoms with van der Waals surface area (Å²) in [5, 5.41) is 0. The standard InChI is InChI=1S/C8H9FN2/c1-5-10-3-6(4-11-5)7-2-8(7)9/h3-4,7-8H,2H2,1H3. The molecule has 3 heteroatoms. The molecule has 1 aromatic rings. The fraction of sp³-hybridized carbons (Fsp3) is 0.500. The first-order valence-corrected chi connectivity index (χ1v) is 3.70. The molecule has 2 unspecified atom stereocenters. The Morgan fingerprint density at radius 2 is 2.00 bits per heavy atom. The summed E-state index contributed by atoms with van der Waals surface area (Å²) in [6.07, 6.45) is 3.42. The maximum atomic E-state index is 12.5. The first kappa shape index (κ1) is 6.70. The molecular weight excluding hydrogens is 143 g/mol. The summed E-state index contributed by atoms with van der Waals surface area (Å²) in [5.41, 5.74) is 0.933. The number of nitrogens with zero attached hydrogens (tertiary/aromatic N) is 2. The lowest BCUT2D eigenvalue weighted by molar-refractivity contribution is 0.468. The molecule has 1 saturated carbocycles. The maximum absolute atomic E-state index is 12.5. The highest BCUT2D eigenvalue weighted by molar-refractivity contribution is 5.20. The third-order valence-corrected chi connectivity index (χ3v) is 1.94. The molecule has 2 rings (SSSR count). The average molecular weight is 152 g/mol. The van der Waals surface area contributed by atoms with Crippen molar-refractivity contribution in [2.75, 3.05) is 0 Å². The first-order valence-electron chi connectivity index (χ1n) is 3.70. The zero-order chi connectivity index (χ0) is 7.84. The van der Waals surface area contributed by atoms with Gasteiger partial charge in [-0.25, -0.2) is 14.4 Å². The smallest absolute Gasteiger partial charge is 0.125 e. The van der Waals surface area contributed by atoms with Crippen LogP contribution in [0.5, 0.6) is 0 Å². The van der Waals surface area contributed by atoms with Gasteiger partial charge in [-0.15, -0.1) is 0 Å². The van der Waals surface area contributed by atoms with E-state index in [1.807, 2.05) is 6.92 Å². The number of halogens is 1. The van der Waals surface area contributed by atoms with Crippen molar-refractivity contribution >= 4 is 0 Å². The summed E-state index contributed by atoms with van der Waals surface area (Å²) in [6, 6.07) is 0. The van der Waals surface area contributed by atoms with Crippen LogP contribution in [0.2, 0.25) is 0 Å². The van der Waals surface area contributed by atoms with Gasteiger partial charge in [0.25, 0.3) is 0 Å². The highest BCUT2D eigenvalue weighted by Gasteiger charge is 2.39. The molecule has 1 aliphatic rings. The minimum absolute atomic E-state index is 0.0793. The summed E-state index contributed by atoms with van der Waals surface area (Å²) >= 11 is 0. The van der Waals surface area contributed by atoms with Crippen LogP contribution in [0, 0.1) is 6.92 Å². The third kappa shape index (κ3) is 1.23. The lowest BCUT2D eigenvalue weighted by atomic mass is 10.2. The fourth-order valence-corrected chi connectivity index (χ4v) is 1.10. The van der Waals surface area contributed by atoms with Crippen LogP contribution < -0.4 is 0 Å². The Morgan fingerprint density at radius 3 is 2.45 bits per heavy atom. The highest BCUT2D eigenvalue weighted by atomic mass is 19.1. The molecule has 0 radical (unpaired) electrons. The second-order valence-electron chi connectivity index (χ2n) is 2.92. The van der Waals surface area contributed by atoms with Crippen molar-refractivity contribution in [1.29, 1.82) is 0 Å². The molecular formula is C8H9FN2. The molecule has 0 aliphatic heterocycles. The molecule has 58 valence electrons. The van der Waals surface area contributed by atoms with E-state index < -0.39 is 6.17 Å². The van der Waals surface area contributed by atoms with E-state index in [1.54, 1.807) is 12.4 Å². The van der Waals surface area contributed by atoms with Gasteiger partial charge in [0.1, 0.15) is 12.0 Å². The van der Waals surface area contributed by atoms with Crippen molar-refractivity contribution in [3.63, 3.8) is 0 Å². The van der Waals surface area contributed by atoms with Crippen LogP contribution >= 0.6 is 0 Å². The van der Waals surface area contributed by atoms with Gasteiger partial charge in [0.05, 0.1) is 0 Å². The van der Waals surface area contributed by atoms with E-state index in [0.717, 1.165) is 11.4 Å². The molecule has 0 amide bonds. The Balaban J connectivity index is 2.21. The van der Waals surface area contributed by atoms with Gasteiger partial charge in [0.2, 0.25) is 0 Å². The zero-order valence-electron chi connectivity index (χ0n) is 6.29. The molecule has 1 aromatic heterocycles. The predicted molar refractivity (Wildman–Crippen MR) is 39.0 cm³/mol. The first-order chi connectivity index (χ1) is 5.27. The number of rotatable bonds is 1. The average Bonchev–Trinajstić information content (AvgIpc) is 2.69. The van der Waals surface area contributed by atoms with Crippen molar-refractivity contribution in [1.82, 2.24) is 9.97 Å².